The molecule has 6 heteroatoms. The summed E-state index contributed by atoms with van der Waals surface area (Å²) in [7, 11) is 1.56. The van der Waals surface area contributed by atoms with Crippen LogP contribution >= 0.6 is 11.8 Å². The zero-order valence-electron chi connectivity index (χ0n) is 12.8. The van der Waals surface area contributed by atoms with Crippen molar-refractivity contribution in [2.45, 2.75) is 17.1 Å². The second-order valence-corrected chi connectivity index (χ2v) is 6.17. The summed E-state index contributed by atoms with van der Waals surface area (Å²) < 4.78 is 5.11. The molecule has 1 atom stereocenters. The smallest absolute Gasteiger partial charge is 0.336 e. The highest BCUT2D eigenvalue weighted by molar-refractivity contribution is 8.00. The molecule has 0 spiro atoms. The highest BCUT2D eigenvalue weighted by Crippen LogP contribution is 2.28. The van der Waals surface area contributed by atoms with E-state index in [1.54, 1.807) is 56.5 Å². The molecule has 2 rings (SSSR count). The monoisotopic (exact) mass is 331 g/mol. The normalized spacial score (nSPS) is 11.6. The predicted molar refractivity (Wildman–Crippen MR) is 90.3 cm³/mol. The molecule has 2 aromatic carbocycles. The molecule has 5 nitrogen and oxygen atoms in total. The average molecular weight is 331 g/mol. The molecule has 23 heavy (non-hydrogen) atoms. The molecular formula is C17H17NO4S. The molecule has 0 fully saturated rings. The number of hydrogen-bond acceptors (Lipinski definition) is 4. The Morgan fingerprint density at radius 1 is 1.17 bits per heavy atom. The van der Waals surface area contributed by atoms with Crippen LogP contribution in [0.4, 0.5) is 5.69 Å². The Hall–Kier alpha value is -2.47. The molecule has 0 aliphatic rings. The van der Waals surface area contributed by atoms with Crippen LogP contribution in [-0.2, 0) is 4.79 Å². The molecule has 0 unspecified atom stereocenters. The predicted octanol–water partition coefficient (Wildman–Crippen LogP) is 3.51. The lowest BCUT2D eigenvalue weighted by Gasteiger charge is -2.13. The molecule has 120 valence electrons. The quantitative estimate of drug-likeness (QED) is 0.792. The molecule has 0 bridgehead atoms. The second kappa shape index (κ2) is 7.69. The second-order valence-electron chi connectivity index (χ2n) is 4.78. The van der Waals surface area contributed by atoms with E-state index in [9.17, 15) is 14.7 Å². The summed E-state index contributed by atoms with van der Waals surface area (Å²) in [5.41, 5.74) is 0.826. The number of methoxy groups -OCH3 is 1. The van der Waals surface area contributed by atoms with Gasteiger partial charge in [0.1, 0.15) is 5.75 Å². The van der Waals surface area contributed by atoms with Crippen LogP contribution in [0.2, 0.25) is 0 Å². The van der Waals surface area contributed by atoms with Crippen molar-refractivity contribution in [1.29, 1.82) is 0 Å². The summed E-state index contributed by atoms with van der Waals surface area (Å²) in [6, 6.07) is 13.7. The Balaban J connectivity index is 2.07. The number of amides is 1. The molecule has 0 heterocycles. The van der Waals surface area contributed by atoms with Crippen molar-refractivity contribution in [1.82, 2.24) is 0 Å². The van der Waals surface area contributed by atoms with E-state index in [-0.39, 0.29) is 11.5 Å². The lowest BCUT2D eigenvalue weighted by atomic mass is 10.2. The van der Waals surface area contributed by atoms with Gasteiger partial charge in [0.15, 0.2) is 0 Å². The van der Waals surface area contributed by atoms with E-state index in [2.05, 4.69) is 5.32 Å². The van der Waals surface area contributed by atoms with Crippen LogP contribution in [0.3, 0.4) is 0 Å². The number of ether oxygens (including phenoxy) is 1. The Morgan fingerprint density at radius 3 is 2.61 bits per heavy atom. The first-order valence-corrected chi connectivity index (χ1v) is 7.83. The average Bonchev–Trinajstić information content (AvgIpc) is 2.55. The highest BCUT2D eigenvalue weighted by Gasteiger charge is 2.18. The maximum Gasteiger partial charge on any atom is 0.336 e. The topological polar surface area (TPSA) is 75.6 Å². The van der Waals surface area contributed by atoms with Crippen molar-refractivity contribution in [2.75, 3.05) is 12.4 Å². The van der Waals surface area contributed by atoms with Crippen molar-refractivity contribution >= 4 is 29.3 Å². The van der Waals surface area contributed by atoms with Crippen molar-refractivity contribution in [3.8, 4) is 5.75 Å². The first-order valence-electron chi connectivity index (χ1n) is 6.95. The van der Waals surface area contributed by atoms with E-state index in [0.717, 1.165) is 0 Å². The van der Waals surface area contributed by atoms with E-state index in [1.807, 2.05) is 0 Å². The van der Waals surface area contributed by atoms with Gasteiger partial charge in [-0.2, -0.15) is 0 Å². The third kappa shape index (κ3) is 4.50. The van der Waals surface area contributed by atoms with Crippen LogP contribution in [0.5, 0.6) is 5.75 Å². The zero-order chi connectivity index (χ0) is 16.8. The van der Waals surface area contributed by atoms with Gasteiger partial charge in [0.05, 0.1) is 17.9 Å². The summed E-state index contributed by atoms with van der Waals surface area (Å²) >= 11 is 1.21. The molecule has 0 saturated heterocycles. The number of benzene rings is 2. The number of thioether (sulfide) groups is 1. The van der Waals surface area contributed by atoms with Crippen LogP contribution < -0.4 is 10.1 Å². The third-order valence-electron chi connectivity index (χ3n) is 3.13. The molecule has 0 aliphatic heterocycles. The molecule has 2 N–H and O–H groups in total. The van der Waals surface area contributed by atoms with Crippen LogP contribution in [0.15, 0.2) is 53.4 Å². The minimum atomic E-state index is -1.01. The number of nitrogens with one attached hydrogen (secondary N) is 1. The fourth-order valence-corrected chi connectivity index (χ4v) is 2.92. The van der Waals surface area contributed by atoms with Gasteiger partial charge in [-0.15, -0.1) is 11.8 Å². The van der Waals surface area contributed by atoms with Crippen molar-refractivity contribution in [2.24, 2.45) is 0 Å². The molecule has 0 saturated carbocycles. The van der Waals surface area contributed by atoms with Crippen LogP contribution in [0.1, 0.15) is 17.3 Å². The van der Waals surface area contributed by atoms with Gasteiger partial charge in [-0.25, -0.2) is 4.79 Å². The summed E-state index contributed by atoms with van der Waals surface area (Å²) in [5.74, 6) is -0.559. The molecule has 0 aromatic heterocycles. The molecule has 2 aromatic rings. The lowest BCUT2D eigenvalue weighted by molar-refractivity contribution is -0.115. The Kier molecular flexibility index (Phi) is 5.65. The van der Waals surface area contributed by atoms with Gasteiger partial charge in [0, 0.05) is 16.6 Å². The van der Waals surface area contributed by atoms with E-state index in [1.165, 1.54) is 17.8 Å². The van der Waals surface area contributed by atoms with E-state index in [0.29, 0.717) is 16.3 Å². The number of rotatable bonds is 6. The number of aromatic carboxylic acids is 1. The first kappa shape index (κ1) is 16.9. The van der Waals surface area contributed by atoms with Gasteiger partial charge >= 0.3 is 5.97 Å². The number of carbonyl (C=O) groups is 2. The van der Waals surface area contributed by atoms with Crippen molar-refractivity contribution < 1.29 is 19.4 Å². The minimum Gasteiger partial charge on any atom is -0.497 e. The third-order valence-corrected chi connectivity index (χ3v) is 4.31. The Labute approximate surface area is 138 Å². The van der Waals surface area contributed by atoms with Gasteiger partial charge in [-0.3, -0.25) is 4.79 Å². The largest absolute Gasteiger partial charge is 0.497 e. The number of carboxylic acids is 1. The molecule has 0 radical (unpaired) electrons. The molecule has 1 amide bonds. The summed E-state index contributed by atoms with van der Waals surface area (Å²) in [6.45, 7) is 1.73. The van der Waals surface area contributed by atoms with Crippen LogP contribution in [-0.4, -0.2) is 29.3 Å². The maximum absolute atomic E-state index is 12.3. The summed E-state index contributed by atoms with van der Waals surface area (Å²) in [6.07, 6.45) is 0. The van der Waals surface area contributed by atoms with Crippen molar-refractivity contribution in [3.63, 3.8) is 0 Å². The Bertz CT molecular complexity index is 717. The number of hydrogen-bond donors (Lipinski definition) is 2. The zero-order valence-corrected chi connectivity index (χ0v) is 13.6. The first-order chi connectivity index (χ1) is 11.0. The summed E-state index contributed by atoms with van der Waals surface area (Å²) in [4.78, 5) is 24.0. The van der Waals surface area contributed by atoms with E-state index >= 15 is 0 Å². The number of carbonyl (C=O) groups excluding carboxylic acids is 1. The Morgan fingerprint density at radius 2 is 1.91 bits per heavy atom. The number of carboxylic acid groups (broad SMARTS) is 1. The highest BCUT2D eigenvalue weighted by atomic mass is 32.2. The molecule has 0 aliphatic carbocycles. The van der Waals surface area contributed by atoms with E-state index < -0.39 is 11.2 Å². The fourth-order valence-electron chi connectivity index (χ4n) is 1.93. The van der Waals surface area contributed by atoms with Gasteiger partial charge < -0.3 is 15.2 Å². The SMILES string of the molecule is COc1cccc(NC(=O)[C@H](C)Sc2ccccc2C(=O)O)c1. The minimum absolute atomic E-state index is 0.193. The van der Waals surface area contributed by atoms with Crippen molar-refractivity contribution in [3.05, 3.63) is 54.1 Å². The maximum atomic E-state index is 12.3. The van der Waals surface area contributed by atoms with Crippen LogP contribution in [0, 0.1) is 0 Å². The van der Waals surface area contributed by atoms with Gasteiger partial charge in [0.25, 0.3) is 0 Å². The number of anilines is 1. The standard InChI is InChI=1S/C17H17NO4S/c1-11(23-15-9-4-3-8-14(15)17(20)21)16(19)18-12-6-5-7-13(10-12)22-2/h3-11H,1-2H3,(H,18,19)(H,20,21)/t11-/m0/s1. The lowest BCUT2D eigenvalue weighted by Crippen LogP contribution is -2.22. The van der Waals surface area contributed by atoms with Crippen LogP contribution in [0.25, 0.3) is 0 Å². The van der Waals surface area contributed by atoms with Gasteiger partial charge in [-0.05, 0) is 31.2 Å². The van der Waals surface area contributed by atoms with Gasteiger partial charge in [0.2, 0.25) is 5.91 Å². The van der Waals surface area contributed by atoms with Gasteiger partial charge in [-0.1, -0.05) is 18.2 Å². The fraction of sp³-hybridized carbons (Fsp3) is 0.176. The molecular weight excluding hydrogens is 314 g/mol. The van der Waals surface area contributed by atoms with E-state index in [4.69, 9.17) is 4.74 Å². The summed E-state index contributed by atoms with van der Waals surface area (Å²) in [5, 5.41) is 11.5.